The number of hydrogen-bond acceptors (Lipinski definition) is 7. The molecule has 0 spiro atoms. The lowest BCUT2D eigenvalue weighted by molar-refractivity contribution is -0.0506. The molecule has 27 heavy (non-hydrogen) atoms. The van der Waals surface area contributed by atoms with Crippen molar-refractivity contribution in [2.24, 2.45) is 5.14 Å². The molecule has 2 aromatic rings. The molecule has 148 valence electrons. The number of ether oxygens (including phenoxy) is 4. The highest BCUT2D eigenvalue weighted by atomic mass is 32.2. The van der Waals surface area contributed by atoms with E-state index in [-0.39, 0.29) is 11.5 Å². The van der Waals surface area contributed by atoms with Gasteiger partial charge in [-0.25, -0.2) is 5.14 Å². The van der Waals surface area contributed by atoms with Gasteiger partial charge in [-0.3, -0.25) is 0 Å². The van der Waals surface area contributed by atoms with Gasteiger partial charge < -0.3 is 23.1 Å². The molecule has 9 heteroatoms. The van der Waals surface area contributed by atoms with Crippen molar-refractivity contribution in [3.8, 4) is 28.7 Å². The molecule has 0 bridgehead atoms. The number of rotatable bonds is 10. The van der Waals surface area contributed by atoms with Gasteiger partial charge in [0.1, 0.15) is 12.2 Å². The Bertz CT molecular complexity index is 736. The molecular weight excluding hydrogens is 380 g/mol. The molecule has 0 saturated heterocycles. The predicted molar refractivity (Wildman–Crippen MR) is 99.0 cm³/mol. The lowest BCUT2D eigenvalue weighted by atomic mass is 10.0. The van der Waals surface area contributed by atoms with Crippen molar-refractivity contribution in [2.75, 3.05) is 21.3 Å². The molecule has 2 N–H and O–H groups in total. The molecule has 0 aliphatic rings. The van der Waals surface area contributed by atoms with E-state index in [1.54, 1.807) is 33.5 Å². The number of alkyl halides is 2. The molecule has 2 rings (SSSR count). The maximum absolute atomic E-state index is 12.5. The van der Waals surface area contributed by atoms with E-state index in [2.05, 4.69) is 4.74 Å². The number of methoxy groups -OCH3 is 3. The molecule has 0 fully saturated rings. The van der Waals surface area contributed by atoms with Crippen molar-refractivity contribution >= 4 is 12.2 Å². The third kappa shape index (κ3) is 5.54. The largest absolute Gasteiger partial charge is 0.493 e. The molecule has 0 unspecified atom stereocenters. The second-order valence-corrected chi connectivity index (χ2v) is 5.73. The second-order valence-electron chi connectivity index (χ2n) is 5.37. The molecule has 0 amide bonds. The third-order valence-corrected chi connectivity index (χ3v) is 4.06. The van der Waals surface area contributed by atoms with Gasteiger partial charge in [0, 0.05) is 0 Å². The van der Waals surface area contributed by atoms with E-state index < -0.39 is 6.61 Å². The van der Waals surface area contributed by atoms with Crippen LogP contribution in [0.4, 0.5) is 8.78 Å². The van der Waals surface area contributed by atoms with Crippen molar-refractivity contribution in [2.45, 2.75) is 19.5 Å². The zero-order chi connectivity index (χ0) is 19.8. The molecule has 6 nitrogen and oxygen atoms in total. The highest BCUT2D eigenvalue weighted by Crippen LogP contribution is 2.38. The summed E-state index contributed by atoms with van der Waals surface area (Å²) in [6.45, 7) is -2.94. The first-order valence-corrected chi connectivity index (χ1v) is 8.72. The quantitative estimate of drug-likeness (QED) is 0.477. The topological polar surface area (TPSA) is 72.2 Å². The van der Waals surface area contributed by atoms with Gasteiger partial charge in [-0.1, -0.05) is 6.07 Å². The molecule has 0 saturated carbocycles. The fourth-order valence-corrected chi connectivity index (χ4v) is 2.82. The summed E-state index contributed by atoms with van der Waals surface area (Å²) < 4.78 is 50.5. The molecule has 0 aliphatic heterocycles. The number of halogens is 2. The fraction of sp³-hybridized carbons (Fsp3) is 0.333. The standard InChI is InChI=1S/C18H21F2NO5S/c1-22-15-9-12(10-16(23-2)17(15)24-3)5-4-11-6-7-13(25-18(19)20)14(8-11)26-27-21/h6-10,18H,4-5,21H2,1-3H3. The minimum atomic E-state index is -2.94. The van der Waals surface area contributed by atoms with Gasteiger partial charge in [-0.15, -0.1) is 0 Å². The highest BCUT2D eigenvalue weighted by Gasteiger charge is 2.15. The summed E-state index contributed by atoms with van der Waals surface area (Å²) in [5.41, 5.74) is 1.84. The van der Waals surface area contributed by atoms with E-state index >= 15 is 0 Å². The minimum absolute atomic E-state index is 0.0699. The van der Waals surface area contributed by atoms with Crippen LogP contribution in [0, 0.1) is 0 Å². The van der Waals surface area contributed by atoms with E-state index in [4.69, 9.17) is 23.5 Å². The number of aryl methyl sites for hydroxylation is 2. The summed E-state index contributed by atoms with van der Waals surface area (Å²) in [7, 11) is 4.65. The van der Waals surface area contributed by atoms with Crippen LogP contribution < -0.4 is 28.3 Å². The molecular formula is C18H21F2NO5S. The first kappa shape index (κ1) is 20.9. The van der Waals surface area contributed by atoms with Gasteiger partial charge in [0.2, 0.25) is 5.75 Å². The van der Waals surface area contributed by atoms with Gasteiger partial charge in [0.15, 0.2) is 23.0 Å². The van der Waals surface area contributed by atoms with Crippen LogP contribution in [0.5, 0.6) is 28.7 Å². The van der Waals surface area contributed by atoms with E-state index in [9.17, 15) is 8.78 Å². The summed E-state index contributed by atoms with van der Waals surface area (Å²) >= 11 is 0.561. The first-order valence-electron chi connectivity index (χ1n) is 7.92. The smallest absolute Gasteiger partial charge is 0.387 e. The van der Waals surface area contributed by atoms with Gasteiger partial charge in [-0.2, -0.15) is 8.78 Å². The third-order valence-electron chi connectivity index (χ3n) is 3.79. The highest BCUT2D eigenvalue weighted by molar-refractivity contribution is 7.92. The Morgan fingerprint density at radius 1 is 0.852 bits per heavy atom. The Morgan fingerprint density at radius 2 is 1.44 bits per heavy atom. The van der Waals surface area contributed by atoms with Gasteiger partial charge in [0.25, 0.3) is 0 Å². The van der Waals surface area contributed by atoms with E-state index in [0.29, 0.717) is 42.3 Å². The SMILES string of the molecule is COc1cc(CCc2ccc(OC(F)F)c(OSN)c2)cc(OC)c1OC. The lowest BCUT2D eigenvalue weighted by Gasteiger charge is -2.14. The van der Waals surface area contributed by atoms with Gasteiger partial charge in [0.05, 0.1) is 21.3 Å². The van der Waals surface area contributed by atoms with Gasteiger partial charge in [-0.05, 0) is 48.2 Å². The summed E-state index contributed by atoms with van der Waals surface area (Å²) in [6, 6.07) is 8.48. The molecule has 0 aliphatic carbocycles. The molecule has 0 radical (unpaired) electrons. The number of hydrogen-bond donors (Lipinski definition) is 1. The summed E-state index contributed by atoms with van der Waals surface area (Å²) in [6.07, 6.45) is 1.28. The van der Waals surface area contributed by atoms with E-state index in [1.165, 1.54) is 6.07 Å². The predicted octanol–water partition coefficient (Wildman–Crippen LogP) is 4.00. The zero-order valence-electron chi connectivity index (χ0n) is 15.2. The molecule has 0 atom stereocenters. The van der Waals surface area contributed by atoms with Crippen LogP contribution in [0.1, 0.15) is 11.1 Å². The van der Waals surface area contributed by atoms with Gasteiger partial charge >= 0.3 is 6.61 Å². The Balaban J connectivity index is 2.19. The average molecular weight is 401 g/mol. The molecule has 2 aromatic carbocycles. The van der Waals surface area contributed by atoms with Crippen LogP contribution in [-0.2, 0) is 12.8 Å². The normalized spacial score (nSPS) is 10.6. The van der Waals surface area contributed by atoms with Crippen LogP contribution in [0.15, 0.2) is 30.3 Å². The average Bonchev–Trinajstić information content (AvgIpc) is 2.66. The molecule has 0 heterocycles. The number of benzene rings is 2. The maximum atomic E-state index is 12.5. The Morgan fingerprint density at radius 3 is 1.96 bits per heavy atom. The van der Waals surface area contributed by atoms with Crippen LogP contribution in [0.25, 0.3) is 0 Å². The van der Waals surface area contributed by atoms with Crippen molar-refractivity contribution in [1.82, 2.24) is 0 Å². The lowest BCUT2D eigenvalue weighted by Crippen LogP contribution is -2.04. The Hall–Kier alpha value is -2.39. The zero-order valence-corrected chi connectivity index (χ0v) is 16.0. The van der Waals surface area contributed by atoms with Crippen LogP contribution in [-0.4, -0.2) is 27.9 Å². The summed E-state index contributed by atoms with van der Waals surface area (Å²) in [5.74, 6) is 1.73. The molecule has 0 aromatic heterocycles. The van der Waals surface area contributed by atoms with Crippen LogP contribution in [0.2, 0.25) is 0 Å². The van der Waals surface area contributed by atoms with Crippen molar-refractivity contribution in [1.29, 1.82) is 0 Å². The monoisotopic (exact) mass is 401 g/mol. The second kappa shape index (κ2) is 10.1. The first-order chi connectivity index (χ1) is 13.0. The number of nitrogens with two attached hydrogens (primary N) is 1. The minimum Gasteiger partial charge on any atom is -0.493 e. The Kier molecular flexibility index (Phi) is 7.81. The van der Waals surface area contributed by atoms with E-state index in [0.717, 1.165) is 11.1 Å². The van der Waals surface area contributed by atoms with Crippen LogP contribution >= 0.6 is 12.2 Å². The van der Waals surface area contributed by atoms with Crippen molar-refractivity contribution in [3.63, 3.8) is 0 Å². The van der Waals surface area contributed by atoms with Crippen molar-refractivity contribution in [3.05, 3.63) is 41.5 Å². The summed E-state index contributed by atoms with van der Waals surface area (Å²) in [5, 5.41) is 5.28. The Labute approximate surface area is 160 Å². The van der Waals surface area contributed by atoms with Crippen molar-refractivity contribution < 1.29 is 31.9 Å². The summed E-state index contributed by atoms with van der Waals surface area (Å²) in [4.78, 5) is 0. The van der Waals surface area contributed by atoms with Crippen LogP contribution in [0.3, 0.4) is 0 Å². The maximum Gasteiger partial charge on any atom is 0.387 e. The van der Waals surface area contributed by atoms with E-state index in [1.807, 2.05) is 12.1 Å². The fourth-order valence-electron chi connectivity index (χ4n) is 2.59.